The molecule has 0 amide bonds. The normalized spacial score (nSPS) is 10.1. The Labute approximate surface area is 99.0 Å². The lowest BCUT2D eigenvalue weighted by atomic mass is 10.1. The number of ether oxygens (including phenoxy) is 1. The van der Waals surface area contributed by atoms with Crippen LogP contribution in [-0.2, 0) is 6.42 Å². The number of rotatable bonds is 3. The highest BCUT2D eigenvalue weighted by Gasteiger charge is 2.10. The number of aryl methyl sites for hydroxylation is 1. The second kappa shape index (κ2) is 5.14. The van der Waals surface area contributed by atoms with Gasteiger partial charge >= 0.3 is 0 Å². The van der Waals surface area contributed by atoms with Crippen molar-refractivity contribution in [2.24, 2.45) is 0 Å². The number of thiazole rings is 1. The third-order valence-corrected chi connectivity index (χ3v) is 3.33. The highest BCUT2D eigenvalue weighted by atomic mass is 32.1. The summed E-state index contributed by atoms with van der Waals surface area (Å²) in [5, 5.41) is 0.708. The van der Waals surface area contributed by atoms with E-state index in [4.69, 9.17) is 10.5 Å². The summed E-state index contributed by atoms with van der Waals surface area (Å²) in [5.74, 6) is 0. The van der Waals surface area contributed by atoms with Gasteiger partial charge in [-0.25, -0.2) is 4.98 Å². The summed E-state index contributed by atoms with van der Waals surface area (Å²) in [7, 11) is 0. The standard InChI is InChI=1S/C11H14N2OS.H3N/c1-3-7-5-6-8(12)9-10(7)15-11(13-9)14-4-2;/h5-6H,3-4,12H2,1-2H3;1H3. The molecule has 1 aromatic heterocycles. The third-order valence-electron chi connectivity index (χ3n) is 2.29. The molecule has 2 rings (SSSR count). The molecule has 0 atom stereocenters. The molecule has 0 aliphatic rings. The second-order valence-electron chi connectivity index (χ2n) is 3.26. The number of aromatic nitrogens is 1. The first-order chi connectivity index (χ1) is 7.26. The van der Waals surface area contributed by atoms with Crippen molar-refractivity contribution in [3.05, 3.63) is 17.7 Å². The number of anilines is 1. The molecule has 5 heteroatoms. The molecule has 0 saturated heterocycles. The van der Waals surface area contributed by atoms with E-state index in [-0.39, 0.29) is 6.15 Å². The molecule has 0 radical (unpaired) electrons. The SMILES string of the molecule is CCOc1nc2c(N)ccc(CC)c2s1.N. The molecular formula is C11H17N3OS. The Balaban J connectivity index is 0.00000128. The van der Waals surface area contributed by atoms with Crippen LogP contribution in [0, 0.1) is 0 Å². The first-order valence-corrected chi connectivity index (χ1v) is 5.88. The zero-order chi connectivity index (χ0) is 10.8. The maximum Gasteiger partial charge on any atom is 0.274 e. The molecular weight excluding hydrogens is 222 g/mol. The fourth-order valence-corrected chi connectivity index (χ4v) is 2.61. The van der Waals surface area contributed by atoms with E-state index in [0.717, 1.165) is 22.3 Å². The van der Waals surface area contributed by atoms with Gasteiger partial charge in [0.15, 0.2) is 0 Å². The smallest absolute Gasteiger partial charge is 0.274 e. The average Bonchev–Trinajstić information content (AvgIpc) is 2.64. The van der Waals surface area contributed by atoms with Gasteiger partial charge in [-0.15, -0.1) is 0 Å². The topological polar surface area (TPSA) is 83.1 Å². The van der Waals surface area contributed by atoms with E-state index >= 15 is 0 Å². The van der Waals surface area contributed by atoms with Crippen LogP contribution in [0.1, 0.15) is 19.4 Å². The molecule has 1 heterocycles. The van der Waals surface area contributed by atoms with Gasteiger partial charge in [-0.1, -0.05) is 24.3 Å². The van der Waals surface area contributed by atoms with Crippen molar-refractivity contribution in [1.29, 1.82) is 0 Å². The Morgan fingerprint density at radius 3 is 2.75 bits per heavy atom. The van der Waals surface area contributed by atoms with E-state index < -0.39 is 0 Å². The van der Waals surface area contributed by atoms with Crippen molar-refractivity contribution in [3.63, 3.8) is 0 Å². The molecule has 5 N–H and O–H groups in total. The average molecular weight is 239 g/mol. The Morgan fingerprint density at radius 1 is 1.38 bits per heavy atom. The summed E-state index contributed by atoms with van der Waals surface area (Å²) in [6, 6.07) is 3.97. The lowest BCUT2D eigenvalue weighted by Gasteiger charge is -1.99. The number of benzene rings is 1. The van der Waals surface area contributed by atoms with Gasteiger partial charge in [0.2, 0.25) is 0 Å². The minimum absolute atomic E-state index is 0. The van der Waals surface area contributed by atoms with Gasteiger partial charge in [0, 0.05) is 0 Å². The summed E-state index contributed by atoms with van der Waals surface area (Å²) in [6.45, 7) is 4.72. The molecule has 0 fully saturated rings. The van der Waals surface area contributed by atoms with E-state index in [2.05, 4.69) is 18.0 Å². The van der Waals surface area contributed by atoms with Gasteiger partial charge in [-0.3, -0.25) is 0 Å². The van der Waals surface area contributed by atoms with E-state index in [9.17, 15) is 0 Å². The molecule has 88 valence electrons. The van der Waals surface area contributed by atoms with Crippen molar-refractivity contribution in [2.45, 2.75) is 20.3 Å². The van der Waals surface area contributed by atoms with Crippen LogP contribution in [0.5, 0.6) is 5.19 Å². The minimum Gasteiger partial charge on any atom is -0.470 e. The van der Waals surface area contributed by atoms with Gasteiger partial charge in [-0.05, 0) is 25.0 Å². The molecule has 1 aromatic carbocycles. The van der Waals surface area contributed by atoms with E-state index in [1.165, 1.54) is 5.56 Å². The van der Waals surface area contributed by atoms with Crippen LogP contribution in [0.2, 0.25) is 0 Å². The Morgan fingerprint density at radius 2 is 2.12 bits per heavy atom. The maximum atomic E-state index is 5.88. The Kier molecular flexibility index (Phi) is 4.09. The summed E-state index contributed by atoms with van der Waals surface area (Å²) >= 11 is 1.57. The largest absolute Gasteiger partial charge is 0.470 e. The zero-order valence-electron chi connectivity index (χ0n) is 9.62. The predicted molar refractivity (Wildman–Crippen MR) is 69.6 cm³/mol. The van der Waals surface area contributed by atoms with Crippen molar-refractivity contribution in [1.82, 2.24) is 11.1 Å². The fourth-order valence-electron chi connectivity index (χ4n) is 1.52. The van der Waals surface area contributed by atoms with Gasteiger partial charge in [0.1, 0.15) is 5.52 Å². The number of nitrogen functional groups attached to an aromatic ring is 1. The highest BCUT2D eigenvalue weighted by molar-refractivity contribution is 7.20. The number of hydrogen-bond donors (Lipinski definition) is 2. The minimum atomic E-state index is 0. The molecule has 0 saturated carbocycles. The summed E-state index contributed by atoms with van der Waals surface area (Å²) < 4.78 is 6.55. The van der Waals surface area contributed by atoms with E-state index in [1.54, 1.807) is 11.3 Å². The van der Waals surface area contributed by atoms with Crippen LogP contribution in [0.3, 0.4) is 0 Å². The predicted octanol–water partition coefficient (Wildman–Crippen LogP) is 3.00. The quantitative estimate of drug-likeness (QED) is 0.806. The number of hydrogen-bond acceptors (Lipinski definition) is 5. The molecule has 0 bridgehead atoms. The van der Waals surface area contributed by atoms with Gasteiger partial charge < -0.3 is 16.6 Å². The molecule has 16 heavy (non-hydrogen) atoms. The molecule has 0 unspecified atom stereocenters. The van der Waals surface area contributed by atoms with Crippen LogP contribution in [0.25, 0.3) is 10.2 Å². The lowest BCUT2D eigenvalue weighted by Crippen LogP contribution is -1.91. The van der Waals surface area contributed by atoms with Crippen LogP contribution in [0.4, 0.5) is 5.69 Å². The van der Waals surface area contributed by atoms with Gasteiger partial charge in [0.05, 0.1) is 17.0 Å². The number of nitrogens with two attached hydrogens (primary N) is 1. The van der Waals surface area contributed by atoms with E-state index in [0.29, 0.717) is 11.8 Å². The van der Waals surface area contributed by atoms with Crippen molar-refractivity contribution in [3.8, 4) is 5.19 Å². The van der Waals surface area contributed by atoms with Crippen LogP contribution in [-0.4, -0.2) is 11.6 Å². The van der Waals surface area contributed by atoms with Gasteiger partial charge in [0.25, 0.3) is 5.19 Å². The molecule has 0 spiro atoms. The van der Waals surface area contributed by atoms with Crippen molar-refractivity contribution < 1.29 is 4.74 Å². The number of fused-ring (bicyclic) bond motifs is 1. The summed E-state index contributed by atoms with van der Waals surface area (Å²) in [6.07, 6.45) is 0.991. The van der Waals surface area contributed by atoms with Crippen LogP contribution >= 0.6 is 11.3 Å². The lowest BCUT2D eigenvalue weighted by molar-refractivity contribution is 0.339. The van der Waals surface area contributed by atoms with Crippen molar-refractivity contribution in [2.75, 3.05) is 12.3 Å². The summed E-state index contributed by atoms with van der Waals surface area (Å²) in [5.41, 5.74) is 8.76. The van der Waals surface area contributed by atoms with Crippen LogP contribution < -0.4 is 16.6 Å². The zero-order valence-corrected chi connectivity index (χ0v) is 10.4. The molecule has 2 aromatic rings. The highest BCUT2D eigenvalue weighted by Crippen LogP contribution is 2.34. The molecule has 4 nitrogen and oxygen atoms in total. The molecule has 0 aliphatic carbocycles. The van der Waals surface area contributed by atoms with Crippen LogP contribution in [0.15, 0.2) is 12.1 Å². The first-order valence-electron chi connectivity index (χ1n) is 5.07. The monoisotopic (exact) mass is 239 g/mol. The molecule has 0 aliphatic heterocycles. The second-order valence-corrected chi connectivity index (χ2v) is 4.22. The number of nitrogens with zero attached hydrogens (tertiary/aromatic N) is 1. The van der Waals surface area contributed by atoms with Crippen molar-refractivity contribution >= 4 is 27.2 Å². The van der Waals surface area contributed by atoms with E-state index in [1.807, 2.05) is 13.0 Å². The Hall–Kier alpha value is -1.33. The third kappa shape index (κ3) is 2.10. The maximum absolute atomic E-state index is 5.88. The van der Waals surface area contributed by atoms with Gasteiger partial charge in [-0.2, -0.15) is 0 Å². The summed E-state index contributed by atoms with van der Waals surface area (Å²) in [4.78, 5) is 4.38. The fraction of sp³-hybridized carbons (Fsp3) is 0.364. The Bertz CT molecular complexity index is 481. The first kappa shape index (κ1) is 12.7.